The Kier molecular flexibility index (Phi) is 4.56. The Labute approximate surface area is 120 Å². The number of benzene rings is 2. The van der Waals surface area contributed by atoms with Crippen LogP contribution in [0.2, 0.25) is 0 Å². The predicted molar refractivity (Wildman–Crippen MR) is 74.6 cm³/mol. The van der Waals surface area contributed by atoms with Gasteiger partial charge in [0.1, 0.15) is 28.9 Å². The first-order chi connectivity index (χ1) is 10.2. The van der Waals surface area contributed by atoms with E-state index in [0.717, 1.165) is 0 Å². The first-order valence-electron chi connectivity index (χ1n) is 5.98. The van der Waals surface area contributed by atoms with E-state index in [2.05, 4.69) is 20.5 Å². The Bertz CT molecular complexity index is 666. The fourth-order valence-electron chi connectivity index (χ4n) is 1.41. The maximum atomic E-state index is 9.52. The van der Waals surface area contributed by atoms with Crippen molar-refractivity contribution in [3.63, 3.8) is 0 Å². The van der Waals surface area contributed by atoms with Gasteiger partial charge in [0, 0.05) is 0 Å². The Morgan fingerprint density at radius 1 is 0.810 bits per heavy atom. The normalized spacial score (nSPS) is 12.5. The van der Waals surface area contributed by atoms with E-state index < -0.39 is 6.17 Å². The highest BCUT2D eigenvalue weighted by Gasteiger charge is 2.04. The second-order valence-corrected chi connectivity index (χ2v) is 3.91. The lowest BCUT2D eigenvalue weighted by Gasteiger charge is -1.98. The number of phenolic OH excluding ortho intramolecular Hbond substituents is 2. The van der Waals surface area contributed by atoms with Crippen molar-refractivity contribution >= 4 is 11.4 Å². The third-order valence-corrected chi connectivity index (χ3v) is 2.43. The van der Waals surface area contributed by atoms with Crippen molar-refractivity contribution in [2.24, 2.45) is 20.5 Å². The summed E-state index contributed by atoms with van der Waals surface area (Å²) in [5.41, 5.74) is 0.464. The Morgan fingerprint density at radius 3 is 1.62 bits per heavy atom. The van der Waals surface area contributed by atoms with Gasteiger partial charge in [0.2, 0.25) is 0 Å². The monoisotopic (exact) mass is 281 g/mol. The number of hydrogen-bond acceptors (Lipinski definition) is 7. The summed E-state index contributed by atoms with van der Waals surface area (Å²) in [5.74, 6) is -0.0915. The highest BCUT2D eigenvalue weighted by molar-refractivity contribution is 5.50. The average Bonchev–Trinajstić information content (AvgIpc) is 2.50. The summed E-state index contributed by atoms with van der Waals surface area (Å²) in [6, 6.07) is 14.5. The Balaban J connectivity index is 2.13. The summed E-state index contributed by atoms with van der Waals surface area (Å²) in [4.78, 5) is 0. The molecule has 7 heteroatoms. The molecule has 2 N–H and O–H groups in total. The van der Waals surface area contributed by atoms with Crippen LogP contribution in [0.25, 0.3) is 0 Å². The van der Waals surface area contributed by atoms with E-state index >= 15 is 0 Å². The quantitative estimate of drug-likeness (QED) is 0.830. The molecule has 0 aliphatic heterocycles. The fourth-order valence-corrected chi connectivity index (χ4v) is 1.41. The van der Waals surface area contributed by atoms with Crippen LogP contribution in [0.15, 0.2) is 69.0 Å². The SMILES string of the molecule is N#CC(N=Nc1ccccc1O)N=Nc1ccccc1O. The molecule has 0 bridgehead atoms. The Hall–Kier alpha value is -3.27. The molecular formula is C14H11N5O2. The maximum Gasteiger partial charge on any atom is 0.266 e. The first kappa shape index (κ1) is 14.1. The summed E-state index contributed by atoms with van der Waals surface area (Å²) < 4.78 is 0. The molecule has 104 valence electrons. The molecule has 0 aliphatic carbocycles. The molecule has 0 fully saturated rings. The second-order valence-electron chi connectivity index (χ2n) is 3.91. The third kappa shape index (κ3) is 3.84. The van der Waals surface area contributed by atoms with Crippen LogP contribution in [0.3, 0.4) is 0 Å². The van der Waals surface area contributed by atoms with Crippen LogP contribution in [-0.4, -0.2) is 16.4 Å². The van der Waals surface area contributed by atoms with Crippen LogP contribution in [-0.2, 0) is 0 Å². The van der Waals surface area contributed by atoms with Crippen LogP contribution in [0.4, 0.5) is 11.4 Å². The number of rotatable bonds is 4. The fraction of sp³-hybridized carbons (Fsp3) is 0.0714. The molecule has 0 aliphatic rings. The van der Waals surface area contributed by atoms with Crippen LogP contribution < -0.4 is 0 Å². The van der Waals surface area contributed by atoms with E-state index in [-0.39, 0.29) is 22.9 Å². The molecule has 21 heavy (non-hydrogen) atoms. The number of hydrogen-bond donors (Lipinski definition) is 2. The van der Waals surface area contributed by atoms with Gasteiger partial charge >= 0.3 is 0 Å². The van der Waals surface area contributed by atoms with Crippen molar-refractivity contribution in [2.75, 3.05) is 0 Å². The van der Waals surface area contributed by atoms with Crippen LogP contribution in [0.5, 0.6) is 11.5 Å². The largest absolute Gasteiger partial charge is 0.506 e. The number of nitrogens with zero attached hydrogens (tertiary/aromatic N) is 5. The number of phenols is 2. The first-order valence-corrected chi connectivity index (χ1v) is 5.98. The van der Waals surface area contributed by atoms with Crippen molar-refractivity contribution in [2.45, 2.75) is 6.17 Å². The molecule has 0 aromatic heterocycles. The minimum Gasteiger partial charge on any atom is -0.506 e. The van der Waals surface area contributed by atoms with Gasteiger partial charge in [-0.3, -0.25) is 0 Å². The molecule has 0 atom stereocenters. The zero-order chi connectivity index (χ0) is 15.1. The molecular weight excluding hydrogens is 270 g/mol. The minimum absolute atomic E-state index is 0.0458. The highest BCUT2D eigenvalue weighted by Crippen LogP contribution is 2.27. The molecule has 0 heterocycles. The molecule has 2 rings (SSSR count). The zero-order valence-corrected chi connectivity index (χ0v) is 10.8. The van der Waals surface area contributed by atoms with E-state index in [1.165, 1.54) is 12.1 Å². The molecule has 0 radical (unpaired) electrons. The van der Waals surface area contributed by atoms with Crippen molar-refractivity contribution in [3.8, 4) is 17.6 Å². The van der Waals surface area contributed by atoms with Gasteiger partial charge in [-0.1, -0.05) is 24.3 Å². The smallest absolute Gasteiger partial charge is 0.266 e. The summed E-state index contributed by atoms with van der Waals surface area (Å²) in [7, 11) is 0. The van der Waals surface area contributed by atoms with Crippen molar-refractivity contribution < 1.29 is 10.2 Å². The van der Waals surface area contributed by atoms with Crippen LogP contribution >= 0.6 is 0 Å². The van der Waals surface area contributed by atoms with Gasteiger partial charge in [-0.2, -0.15) is 5.26 Å². The predicted octanol–water partition coefficient (Wildman–Crippen LogP) is 3.82. The standard InChI is InChI=1S/C14H11N5O2/c15-9-14(18-16-10-5-1-3-7-12(10)20)19-17-11-6-2-4-8-13(11)21/h1-8,14,20-21H. The summed E-state index contributed by atoms with van der Waals surface area (Å²) in [6.07, 6.45) is -1.16. The summed E-state index contributed by atoms with van der Waals surface area (Å²) in [6.45, 7) is 0. The van der Waals surface area contributed by atoms with Crippen LogP contribution in [0.1, 0.15) is 0 Å². The van der Waals surface area contributed by atoms with Gasteiger partial charge < -0.3 is 10.2 Å². The third-order valence-electron chi connectivity index (χ3n) is 2.43. The van der Waals surface area contributed by atoms with Gasteiger partial charge in [0.25, 0.3) is 6.17 Å². The lowest BCUT2D eigenvalue weighted by atomic mass is 10.3. The van der Waals surface area contributed by atoms with Crippen LogP contribution in [0, 0.1) is 11.3 Å². The second kappa shape index (κ2) is 6.77. The molecule has 0 amide bonds. The molecule has 0 saturated carbocycles. The van der Waals surface area contributed by atoms with Crippen molar-refractivity contribution in [1.82, 2.24) is 0 Å². The number of aromatic hydroxyl groups is 2. The van der Waals surface area contributed by atoms with E-state index in [1.807, 2.05) is 0 Å². The molecule has 2 aromatic carbocycles. The number of para-hydroxylation sites is 2. The van der Waals surface area contributed by atoms with Gasteiger partial charge in [-0.25, -0.2) is 0 Å². The zero-order valence-electron chi connectivity index (χ0n) is 10.8. The molecule has 7 nitrogen and oxygen atoms in total. The molecule has 2 aromatic rings. The lowest BCUT2D eigenvalue weighted by Crippen LogP contribution is -1.92. The molecule has 0 unspecified atom stereocenters. The van der Waals surface area contributed by atoms with E-state index in [1.54, 1.807) is 42.5 Å². The van der Waals surface area contributed by atoms with E-state index in [9.17, 15) is 10.2 Å². The van der Waals surface area contributed by atoms with Gasteiger partial charge in [-0.05, 0) is 24.3 Å². The van der Waals surface area contributed by atoms with Gasteiger partial charge in [0.15, 0.2) is 0 Å². The Morgan fingerprint density at radius 2 is 1.24 bits per heavy atom. The highest BCUT2D eigenvalue weighted by atomic mass is 16.3. The van der Waals surface area contributed by atoms with Gasteiger partial charge in [-0.15, -0.1) is 20.5 Å². The van der Waals surface area contributed by atoms with Crippen molar-refractivity contribution in [3.05, 3.63) is 48.5 Å². The van der Waals surface area contributed by atoms with Crippen molar-refractivity contribution in [1.29, 1.82) is 5.26 Å². The van der Waals surface area contributed by atoms with Gasteiger partial charge in [0.05, 0.1) is 0 Å². The average molecular weight is 281 g/mol. The molecule has 0 saturated heterocycles. The maximum absolute atomic E-state index is 9.52. The summed E-state index contributed by atoms with van der Waals surface area (Å²) in [5, 5.41) is 42.8. The summed E-state index contributed by atoms with van der Waals surface area (Å²) >= 11 is 0. The minimum atomic E-state index is -1.16. The molecule has 0 spiro atoms. The lowest BCUT2D eigenvalue weighted by molar-refractivity contribution is 0.476. The topological polar surface area (TPSA) is 114 Å². The van der Waals surface area contributed by atoms with E-state index in [0.29, 0.717) is 0 Å². The number of nitriles is 1. The van der Waals surface area contributed by atoms with E-state index in [4.69, 9.17) is 5.26 Å². The number of azo groups is 2.